The fourth-order valence-corrected chi connectivity index (χ4v) is 3.52. The van der Waals surface area contributed by atoms with Crippen LogP contribution in [0.1, 0.15) is 0 Å². The van der Waals surface area contributed by atoms with Crippen molar-refractivity contribution in [1.82, 2.24) is 9.78 Å². The number of anilines is 2. The number of hydrogen-bond acceptors (Lipinski definition) is 6. The summed E-state index contributed by atoms with van der Waals surface area (Å²) in [4.78, 5) is 10.6. The van der Waals surface area contributed by atoms with Crippen molar-refractivity contribution in [2.24, 2.45) is 0 Å². The van der Waals surface area contributed by atoms with Gasteiger partial charge in [0.2, 0.25) is 0 Å². The molecule has 0 radical (unpaired) electrons. The number of rotatable bonds is 8. The zero-order valence-electron chi connectivity index (χ0n) is 14.1. The Kier molecular flexibility index (Phi) is 5.36. The lowest BCUT2D eigenvalue weighted by Gasteiger charge is -2.11. The summed E-state index contributed by atoms with van der Waals surface area (Å²) in [6.07, 6.45) is 3.42. The molecule has 27 heavy (non-hydrogen) atoms. The molecular weight excluding hydrogens is 370 g/mol. The molecule has 0 aliphatic heterocycles. The maximum absolute atomic E-state index is 12.5. The third-order valence-corrected chi connectivity index (χ3v) is 5.10. The summed E-state index contributed by atoms with van der Waals surface area (Å²) < 4.78 is 29.1. The molecular formula is C17H17N5O4S. The highest BCUT2D eigenvalue weighted by Gasteiger charge is 2.21. The highest BCUT2D eigenvalue weighted by Crippen LogP contribution is 2.28. The number of nitro groups is 1. The lowest BCUT2D eigenvalue weighted by atomic mass is 10.2. The van der Waals surface area contributed by atoms with Gasteiger partial charge in [0.25, 0.3) is 15.7 Å². The van der Waals surface area contributed by atoms with Crippen molar-refractivity contribution in [2.45, 2.75) is 11.4 Å². The molecule has 3 rings (SSSR count). The van der Waals surface area contributed by atoms with Crippen LogP contribution in [-0.4, -0.2) is 29.7 Å². The molecule has 0 aliphatic rings. The van der Waals surface area contributed by atoms with Gasteiger partial charge >= 0.3 is 0 Å². The van der Waals surface area contributed by atoms with Crippen molar-refractivity contribution in [3.05, 3.63) is 77.1 Å². The molecule has 0 atom stereocenters. The summed E-state index contributed by atoms with van der Waals surface area (Å²) in [5.74, 6) is 0. The molecule has 2 aromatic carbocycles. The van der Waals surface area contributed by atoms with Crippen LogP contribution in [0.2, 0.25) is 0 Å². The first-order valence-corrected chi connectivity index (χ1v) is 9.52. The fraction of sp³-hybridized carbons (Fsp3) is 0.118. The summed E-state index contributed by atoms with van der Waals surface area (Å²) >= 11 is 0. The van der Waals surface area contributed by atoms with E-state index in [1.807, 2.05) is 0 Å². The van der Waals surface area contributed by atoms with Gasteiger partial charge in [0.1, 0.15) is 5.69 Å². The molecule has 0 saturated carbocycles. The molecule has 10 heteroatoms. The third-order valence-electron chi connectivity index (χ3n) is 3.72. The van der Waals surface area contributed by atoms with E-state index in [1.165, 1.54) is 12.1 Å². The second kappa shape index (κ2) is 7.87. The van der Waals surface area contributed by atoms with Crippen LogP contribution in [0.5, 0.6) is 0 Å². The van der Waals surface area contributed by atoms with Gasteiger partial charge in [0.05, 0.1) is 16.4 Å². The van der Waals surface area contributed by atoms with Crippen LogP contribution in [0.25, 0.3) is 0 Å². The van der Waals surface area contributed by atoms with Gasteiger partial charge in [-0.3, -0.25) is 19.5 Å². The molecule has 1 aromatic heterocycles. The number of hydrogen-bond donors (Lipinski definition) is 2. The fourth-order valence-electron chi connectivity index (χ4n) is 2.44. The molecule has 0 aliphatic carbocycles. The van der Waals surface area contributed by atoms with E-state index in [9.17, 15) is 18.5 Å². The Morgan fingerprint density at radius 3 is 2.56 bits per heavy atom. The Morgan fingerprint density at radius 2 is 1.89 bits per heavy atom. The smallest absolute Gasteiger partial charge is 0.293 e. The van der Waals surface area contributed by atoms with E-state index in [1.54, 1.807) is 53.5 Å². The van der Waals surface area contributed by atoms with Crippen molar-refractivity contribution >= 4 is 27.1 Å². The summed E-state index contributed by atoms with van der Waals surface area (Å²) in [7, 11) is -3.94. The normalized spacial score (nSPS) is 11.1. The lowest BCUT2D eigenvalue weighted by Crippen LogP contribution is -2.14. The second-order valence-electron chi connectivity index (χ2n) is 5.60. The minimum Gasteiger partial charge on any atom is -0.378 e. The summed E-state index contributed by atoms with van der Waals surface area (Å²) in [5, 5.41) is 18.4. The largest absolute Gasteiger partial charge is 0.378 e. The van der Waals surface area contributed by atoms with Crippen LogP contribution in [0.3, 0.4) is 0 Å². The van der Waals surface area contributed by atoms with Crippen LogP contribution in [0, 0.1) is 10.1 Å². The number of para-hydroxylation sites is 1. The summed E-state index contributed by atoms with van der Waals surface area (Å²) in [6, 6.07) is 13.9. The zero-order chi connectivity index (χ0) is 19.3. The molecule has 9 nitrogen and oxygen atoms in total. The number of nitrogens with zero attached hydrogens (tertiary/aromatic N) is 3. The first kappa shape index (κ1) is 18.4. The zero-order valence-corrected chi connectivity index (χ0v) is 15.0. The Hall–Kier alpha value is -3.40. The van der Waals surface area contributed by atoms with Crippen LogP contribution in [0.15, 0.2) is 71.9 Å². The van der Waals surface area contributed by atoms with Crippen molar-refractivity contribution in [3.63, 3.8) is 0 Å². The lowest BCUT2D eigenvalue weighted by molar-refractivity contribution is -0.384. The van der Waals surface area contributed by atoms with Gasteiger partial charge in [-0.2, -0.15) is 5.10 Å². The molecule has 3 aromatic rings. The van der Waals surface area contributed by atoms with Crippen LogP contribution < -0.4 is 10.0 Å². The maximum Gasteiger partial charge on any atom is 0.293 e. The van der Waals surface area contributed by atoms with Gasteiger partial charge in [-0.1, -0.05) is 18.2 Å². The maximum atomic E-state index is 12.5. The van der Waals surface area contributed by atoms with Crippen molar-refractivity contribution in [1.29, 1.82) is 0 Å². The van der Waals surface area contributed by atoms with E-state index in [0.29, 0.717) is 18.8 Å². The van der Waals surface area contributed by atoms with Gasteiger partial charge < -0.3 is 5.32 Å². The van der Waals surface area contributed by atoms with Crippen molar-refractivity contribution in [3.8, 4) is 0 Å². The SMILES string of the molecule is O=[N+]([O-])c1cc(S(=O)(=O)Nc2ccccc2)ccc1NCCn1cccn1. The average molecular weight is 387 g/mol. The summed E-state index contributed by atoms with van der Waals surface area (Å²) in [6.45, 7) is 0.913. The van der Waals surface area contributed by atoms with Gasteiger partial charge in [0.15, 0.2) is 0 Å². The number of sulfonamides is 1. The number of benzene rings is 2. The highest BCUT2D eigenvalue weighted by atomic mass is 32.2. The number of nitro benzene ring substituents is 1. The van der Waals surface area contributed by atoms with Crippen molar-refractivity contribution < 1.29 is 13.3 Å². The Morgan fingerprint density at radius 1 is 1.11 bits per heavy atom. The Labute approximate surface area is 155 Å². The van der Waals surface area contributed by atoms with E-state index < -0.39 is 14.9 Å². The van der Waals surface area contributed by atoms with E-state index >= 15 is 0 Å². The standard InChI is InChI=1S/C17H17N5O4S/c23-22(24)17-13-15(27(25,26)20-14-5-2-1-3-6-14)7-8-16(17)18-10-12-21-11-4-9-19-21/h1-9,11,13,18,20H,10,12H2. The van der Waals surface area contributed by atoms with Crippen LogP contribution in [-0.2, 0) is 16.6 Å². The third kappa shape index (κ3) is 4.61. The van der Waals surface area contributed by atoms with Gasteiger partial charge in [-0.25, -0.2) is 8.42 Å². The van der Waals surface area contributed by atoms with E-state index in [2.05, 4.69) is 15.1 Å². The van der Waals surface area contributed by atoms with Gasteiger partial charge in [0, 0.05) is 30.7 Å². The second-order valence-corrected chi connectivity index (χ2v) is 7.29. The van der Waals surface area contributed by atoms with Crippen molar-refractivity contribution in [2.75, 3.05) is 16.6 Å². The predicted octanol–water partition coefficient (Wildman–Crippen LogP) is 2.70. The van der Waals surface area contributed by atoms with E-state index in [4.69, 9.17) is 0 Å². The van der Waals surface area contributed by atoms with Gasteiger partial charge in [-0.05, 0) is 30.3 Å². The van der Waals surface area contributed by atoms with E-state index in [-0.39, 0.29) is 16.3 Å². The van der Waals surface area contributed by atoms with Gasteiger partial charge in [-0.15, -0.1) is 0 Å². The topological polar surface area (TPSA) is 119 Å². The summed E-state index contributed by atoms with van der Waals surface area (Å²) in [5.41, 5.74) is 0.304. The minimum atomic E-state index is -3.94. The molecule has 0 saturated heterocycles. The monoisotopic (exact) mass is 387 g/mol. The predicted molar refractivity (Wildman–Crippen MR) is 101 cm³/mol. The molecule has 0 fully saturated rings. The average Bonchev–Trinajstić information content (AvgIpc) is 3.15. The quantitative estimate of drug-likeness (QED) is 0.453. The molecule has 0 spiro atoms. The number of aromatic nitrogens is 2. The van der Waals surface area contributed by atoms with Crippen LogP contribution >= 0.6 is 0 Å². The molecule has 140 valence electrons. The van der Waals surface area contributed by atoms with Crippen LogP contribution in [0.4, 0.5) is 17.1 Å². The molecule has 0 amide bonds. The Bertz CT molecular complexity index is 1020. The number of nitrogens with one attached hydrogen (secondary N) is 2. The molecule has 2 N–H and O–H groups in total. The molecule has 0 unspecified atom stereocenters. The first-order valence-electron chi connectivity index (χ1n) is 8.03. The Balaban J connectivity index is 1.79. The highest BCUT2D eigenvalue weighted by molar-refractivity contribution is 7.92. The minimum absolute atomic E-state index is 0.185. The first-order chi connectivity index (χ1) is 13.0. The molecule has 1 heterocycles. The molecule has 0 bridgehead atoms. The van der Waals surface area contributed by atoms with E-state index in [0.717, 1.165) is 6.07 Å².